The van der Waals surface area contributed by atoms with E-state index >= 15 is 0 Å². The summed E-state index contributed by atoms with van der Waals surface area (Å²) in [4.78, 5) is 0. The molecule has 100 valence electrons. The van der Waals surface area contributed by atoms with E-state index in [1.807, 2.05) is 17.8 Å². The van der Waals surface area contributed by atoms with Crippen molar-refractivity contribution in [3.8, 4) is 5.75 Å². The van der Waals surface area contributed by atoms with Crippen LogP contribution in [-0.2, 0) is 19.5 Å². The fraction of sp³-hybridized carbons (Fsp3) is 0.357. The van der Waals surface area contributed by atoms with Crippen molar-refractivity contribution >= 4 is 0 Å². The molecule has 1 aliphatic heterocycles. The molecule has 1 aromatic heterocycles. The Kier molecular flexibility index (Phi) is 2.98. The first kappa shape index (κ1) is 12.2. The van der Waals surface area contributed by atoms with Crippen molar-refractivity contribution in [3.63, 3.8) is 0 Å². The Labute approximate surface area is 111 Å². The van der Waals surface area contributed by atoms with Gasteiger partial charge in [0.1, 0.15) is 17.7 Å². The van der Waals surface area contributed by atoms with Crippen molar-refractivity contribution in [2.45, 2.75) is 32.5 Å². The Morgan fingerprint density at radius 3 is 3.11 bits per heavy atom. The van der Waals surface area contributed by atoms with Gasteiger partial charge < -0.3 is 10.5 Å². The minimum Gasteiger partial charge on any atom is -0.488 e. The van der Waals surface area contributed by atoms with Crippen LogP contribution in [0, 0.1) is 12.7 Å². The summed E-state index contributed by atoms with van der Waals surface area (Å²) in [6.07, 6.45) is 2.66. The van der Waals surface area contributed by atoms with Gasteiger partial charge in [0.05, 0.1) is 12.2 Å². The first-order chi connectivity index (χ1) is 9.15. The van der Waals surface area contributed by atoms with Crippen LogP contribution in [0.1, 0.15) is 16.8 Å². The van der Waals surface area contributed by atoms with Gasteiger partial charge in [-0.15, -0.1) is 0 Å². The quantitative estimate of drug-likeness (QED) is 0.916. The third-order valence-electron chi connectivity index (χ3n) is 3.42. The molecular formula is C14H16FN3O. The Balaban J connectivity index is 1.73. The molecule has 0 saturated heterocycles. The molecule has 0 spiro atoms. The molecule has 2 N–H and O–H groups in total. The third kappa shape index (κ3) is 2.33. The summed E-state index contributed by atoms with van der Waals surface area (Å²) in [5, 5.41) is 4.41. The minimum absolute atomic E-state index is 0.00160. The summed E-state index contributed by atoms with van der Waals surface area (Å²) in [5.41, 5.74) is 8.55. The molecule has 4 nitrogen and oxygen atoms in total. The van der Waals surface area contributed by atoms with Gasteiger partial charge in [-0.05, 0) is 25.1 Å². The Morgan fingerprint density at radius 1 is 1.53 bits per heavy atom. The molecule has 3 rings (SSSR count). The lowest BCUT2D eigenvalue weighted by atomic mass is 10.1. The molecular weight excluding hydrogens is 245 g/mol. The predicted octanol–water partition coefficient (Wildman–Crippen LogP) is 1.79. The van der Waals surface area contributed by atoms with E-state index < -0.39 is 0 Å². The second kappa shape index (κ2) is 4.66. The van der Waals surface area contributed by atoms with E-state index in [4.69, 9.17) is 10.5 Å². The van der Waals surface area contributed by atoms with Crippen LogP contribution >= 0.6 is 0 Å². The van der Waals surface area contributed by atoms with Gasteiger partial charge in [-0.1, -0.05) is 0 Å². The van der Waals surface area contributed by atoms with Crippen LogP contribution in [0.15, 0.2) is 24.4 Å². The molecule has 1 aromatic carbocycles. The lowest BCUT2D eigenvalue weighted by Gasteiger charge is -2.10. The Bertz CT molecular complexity index is 609. The van der Waals surface area contributed by atoms with E-state index in [-0.39, 0.29) is 11.9 Å². The highest BCUT2D eigenvalue weighted by Gasteiger charge is 2.24. The maximum Gasteiger partial charge on any atom is 0.123 e. The normalized spacial score (nSPS) is 17.3. The van der Waals surface area contributed by atoms with Crippen LogP contribution in [0.4, 0.5) is 4.39 Å². The van der Waals surface area contributed by atoms with Gasteiger partial charge in [0.25, 0.3) is 0 Å². The monoisotopic (exact) mass is 261 g/mol. The van der Waals surface area contributed by atoms with Crippen LogP contribution in [0.3, 0.4) is 0 Å². The molecule has 0 bridgehead atoms. The van der Waals surface area contributed by atoms with Crippen molar-refractivity contribution < 1.29 is 9.13 Å². The second-order valence-electron chi connectivity index (χ2n) is 4.86. The number of aryl methyl sites for hydroxylation is 1. The highest BCUT2D eigenvalue weighted by Crippen LogP contribution is 2.29. The highest BCUT2D eigenvalue weighted by molar-refractivity contribution is 5.37. The zero-order valence-corrected chi connectivity index (χ0v) is 10.8. The number of hydrogen-bond acceptors (Lipinski definition) is 3. The van der Waals surface area contributed by atoms with Crippen molar-refractivity contribution in [1.29, 1.82) is 0 Å². The van der Waals surface area contributed by atoms with Gasteiger partial charge in [0.15, 0.2) is 0 Å². The second-order valence-corrected chi connectivity index (χ2v) is 4.86. The maximum absolute atomic E-state index is 13.1. The highest BCUT2D eigenvalue weighted by atomic mass is 19.1. The van der Waals surface area contributed by atoms with Gasteiger partial charge in [-0.25, -0.2) is 4.39 Å². The molecule has 19 heavy (non-hydrogen) atoms. The number of halogens is 1. The van der Waals surface area contributed by atoms with Gasteiger partial charge in [-0.3, -0.25) is 4.68 Å². The first-order valence-electron chi connectivity index (χ1n) is 6.34. The average molecular weight is 261 g/mol. The van der Waals surface area contributed by atoms with E-state index in [1.54, 1.807) is 6.07 Å². The summed E-state index contributed by atoms with van der Waals surface area (Å²) in [6, 6.07) is 4.64. The molecule has 2 aromatic rings. The first-order valence-corrected chi connectivity index (χ1v) is 6.34. The van der Waals surface area contributed by atoms with Crippen molar-refractivity contribution in [2.24, 2.45) is 5.73 Å². The fourth-order valence-corrected chi connectivity index (χ4v) is 2.45. The SMILES string of the molecule is Cc1nn(CC2Cc3cc(F)ccc3O2)cc1CN. The molecule has 0 aliphatic carbocycles. The van der Waals surface area contributed by atoms with Crippen LogP contribution < -0.4 is 10.5 Å². The lowest BCUT2D eigenvalue weighted by molar-refractivity contribution is 0.203. The zero-order chi connectivity index (χ0) is 13.4. The van der Waals surface area contributed by atoms with Crippen molar-refractivity contribution in [1.82, 2.24) is 9.78 Å². The molecule has 1 unspecified atom stereocenters. The molecule has 0 amide bonds. The van der Waals surface area contributed by atoms with E-state index in [2.05, 4.69) is 5.10 Å². The van der Waals surface area contributed by atoms with Crippen LogP contribution in [0.2, 0.25) is 0 Å². The van der Waals surface area contributed by atoms with E-state index in [0.717, 1.165) is 22.6 Å². The van der Waals surface area contributed by atoms with Gasteiger partial charge in [0.2, 0.25) is 0 Å². The number of fused-ring (bicyclic) bond motifs is 1. The van der Waals surface area contributed by atoms with E-state index in [0.29, 0.717) is 19.5 Å². The molecule has 1 aliphatic rings. The number of ether oxygens (including phenoxy) is 1. The summed E-state index contributed by atoms with van der Waals surface area (Å²) < 4.78 is 20.8. The Morgan fingerprint density at radius 2 is 2.37 bits per heavy atom. The predicted molar refractivity (Wildman–Crippen MR) is 69.4 cm³/mol. The fourth-order valence-electron chi connectivity index (χ4n) is 2.45. The third-order valence-corrected chi connectivity index (χ3v) is 3.42. The molecule has 0 radical (unpaired) electrons. The molecule has 0 fully saturated rings. The standard InChI is InChI=1S/C14H16FN3O/c1-9-11(6-16)7-18(17-9)8-13-5-10-4-12(15)2-3-14(10)19-13/h2-4,7,13H,5-6,8,16H2,1H3. The summed E-state index contributed by atoms with van der Waals surface area (Å²) >= 11 is 0. The van der Waals surface area contributed by atoms with E-state index in [1.165, 1.54) is 12.1 Å². The van der Waals surface area contributed by atoms with Crippen molar-refractivity contribution in [3.05, 3.63) is 47.0 Å². The topological polar surface area (TPSA) is 53.1 Å². The zero-order valence-electron chi connectivity index (χ0n) is 10.8. The van der Waals surface area contributed by atoms with E-state index in [9.17, 15) is 4.39 Å². The summed E-state index contributed by atoms with van der Waals surface area (Å²) in [6.45, 7) is 3.08. The van der Waals surface area contributed by atoms with Gasteiger partial charge in [-0.2, -0.15) is 5.10 Å². The lowest BCUT2D eigenvalue weighted by Crippen LogP contribution is -2.21. The number of rotatable bonds is 3. The van der Waals surface area contributed by atoms with Crippen LogP contribution in [-0.4, -0.2) is 15.9 Å². The average Bonchev–Trinajstić information content (AvgIpc) is 2.91. The summed E-state index contributed by atoms with van der Waals surface area (Å²) in [7, 11) is 0. The molecule has 2 heterocycles. The smallest absolute Gasteiger partial charge is 0.123 e. The molecule has 0 saturated carbocycles. The maximum atomic E-state index is 13.1. The number of nitrogens with zero attached hydrogens (tertiary/aromatic N) is 2. The number of benzene rings is 1. The summed E-state index contributed by atoms with van der Waals surface area (Å²) in [5.74, 6) is 0.553. The number of hydrogen-bond donors (Lipinski definition) is 1. The Hall–Kier alpha value is -1.88. The van der Waals surface area contributed by atoms with Gasteiger partial charge in [0, 0.05) is 30.3 Å². The minimum atomic E-state index is -0.219. The van der Waals surface area contributed by atoms with Crippen LogP contribution in [0.25, 0.3) is 0 Å². The van der Waals surface area contributed by atoms with Crippen LogP contribution in [0.5, 0.6) is 5.75 Å². The molecule has 1 atom stereocenters. The number of nitrogens with two attached hydrogens (primary N) is 1. The van der Waals surface area contributed by atoms with Crippen molar-refractivity contribution in [2.75, 3.05) is 0 Å². The van der Waals surface area contributed by atoms with Gasteiger partial charge >= 0.3 is 0 Å². The molecule has 5 heteroatoms. The number of aromatic nitrogens is 2. The largest absolute Gasteiger partial charge is 0.488 e.